The van der Waals surface area contributed by atoms with Gasteiger partial charge in [0, 0.05) is 24.3 Å². The number of hydrogen-bond acceptors (Lipinski definition) is 3. The van der Waals surface area contributed by atoms with Gasteiger partial charge >= 0.3 is 12.2 Å². The average Bonchev–Trinajstić information content (AvgIpc) is 2.60. The predicted molar refractivity (Wildman–Crippen MR) is 107 cm³/mol. The molecule has 27 heavy (non-hydrogen) atoms. The second kappa shape index (κ2) is 9.07. The van der Waals surface area contributed by atoms with Crippen LogP contribution < -0.4 is 14.5 Å². The summed E-state index contributed by atoms with van der Waals surface area (Å²) in [6, 6.07) is 13.9. The van der Waals surface area contributed by atoms with Crippen molar-refractivity contribution in [2.45, 2.75) is 40.2 Å². The quantitative estimate of drug-likeness (QED) is 0.749. The molecule has 2 rings (SSSR count). The number of rotatable bonds is 6. The van der Waals surface area contributed by atoms with E-state index in [0.717, 1.165) is 17.7 Å². The maximum Gasteiger partial charge on any atom is 0.419 e. The Labute approximate surface area is 160 Å². The van der Waals surface area contributed by atoms with Gasteiger partial charge in [-0.05, 0) is 51.0 Å². The molecule has 0 atom stereocenters. The Balaban J connectivity index is 2.27. The van der Waals surface area contributed by atoms with Crippen molar-refractivity contribution in [3.63, 3.8) is 0 Å². The van der Waals surface area contributed by atoms with Crippen LogP contribution in [0.1, 0.15) is 32.8 Å². The summed E-state index contributed by atoms with van der Waals surface area (Å²) in [5.74, 6) is 0.305. The summed E-state index contributed by atoms with van der Waals surface area (Å²) in [6.07, 6.45) is -0.764. The molecule has 0 unspecified atom stereocenters. The molecule has 0 aliphatic heterocycles. The SMILES string of the molecule is CCCN(C(=O)Oc1cccc(N(C(=O)O)C(C)C)c1)c1ccccc1C. The number of anilines is 2. The third kappa shape index (κ3) is 5.00. The highest BCUT2D eigenvalue weighted by molar-refractivity contribution is 5.91. The highest BCUT2D eigenvalue weighted by Crippen LogP contribution is 2.25. The van der Waals surface area contributed by atoms with E-state index in [0.29, 0.717) is 18.0 Å². The van der Waals surface area contributed by atoms with Crippen molar-refractivity contribution in [3.05, 3.63) is 54.1 Å². The van der Waals surface area contributed by atoms with E-state index in [4.69, 9.17) is 4.74 Å². The van der Waals surface area contributed by atoms with Crippen LogP contribution in [0.25, 0.3) is 0 Å². The lowest BCUT2D eigenvalue weighted by Crippen LogP contribution is -2.36. The lowest BCUT2D eigenvalue weighted by atomic mass is 10.2. The standard InChI is InChI=1S/C21H26N2O4/c1-5-13-22(19-12-7-6-9-16(19)4)21(26)27-18-11-8-10-17(14-18)23(15(2)3)20(24)25/h6-12,14-15H,5,13H2,1-4H3,(H,24,25). The van der Waals surface area contributed by atoms with E-state index >= 15 is 0 Å². The molecule has 0 aliphatic rings. The Morgan fingerprint density at radius 2 is 1.81 bits per heavy atom. The summed E-state index contributed by atoms with van der Waals surface area (Å²) in [5, 5.41) is 9.42. The number of amides is 2. The maximum atomic E-state index is 12.8. The molecule has 144 valence electrons. The highest BCUT2D eigenvalue weighted by atomic mass is 16.6. The van der Waals surface area contributed by atoms with Crippen LogP contribution in [0.15, 0.2) is 48.5 Å². The van der Waals surface area contributed by atoms with Gasteiger partial charge in [0.15, 0.2) is 0 Å². The minimum Gasteiger partial charge on any atom is -0.465 e. The Morgan fingerprint density at radius 1 is 1.11 bits per heavy atom. The minimum atomic E-state index is -1.05. The third-order valence-corrected chi connectivity index (χ3v) is 4.10. The molecule has 2 aromatic rings. The van der Waals surface area contributed by atoms with E-state index in [-0.39, 0.29) is 6.04 Å². The lowest BCUT2D eigenvalue weighted by Gasteiger charge is -2.25. The van der Waals surface area contributed by atoms with Gasteiger partial charge in [-0.2, -0.15) is 0 Å². The second-order valence-electron chi connectivity index (χ2n) is 6.55. The van der Waals surface area contributed by atoms with Crippen LogP contribution in [-0.4, -0.2) is 29.9 Å². The van der Waals surface area contributed by atoms with Gasteiger partial charge in [0.25, 0.3) is 0 Å². The zero-order chi connectivity index (χ0) is 20.0. The topological polar surface area (TPSA) is 70.1 Å². The van der Waals surface area contributed by atoms with Gasteiger partial charge in [0.1, 0.15) is 5.75 Å². The molecule has 6 nitrogen and oxygen atoms in total. The molecule has 0 bridgehead atoms. The van der Waals surface area contributed by atoms with Gasteiger partial charge in [-0.25, -0.2) is 9.59 Å². The first-order valence-electron chi connectivity index (χ1n) is 9.02. The van der Waals surface area contributed by atoms with Crippen molar-refractivity contribution in [1.82, 2.24) is 0 Å². The predicted octanol–water partition coefficient (Wildman–Crippen LogP) is 5.30. The van der Waals surface area contributed by atoms with Crippen molar-refractivity contribution < 1.29 is 19.4 Å². The molecule has 0 aromatic heterocycles. The first kappa shape index (κ1) is 20.3. The van der Waals surface area contributed by atoms with E-state index in [9.17, 15) is 14.7 Å². The smallest absolute Gasteiger partial charge is 0.419 e. The van der Waals surface area contributed by atoms with E-state index in [2.05, 4.69) is 0 Å². The molecule has 2 aromatic carbocycles. The Morgan fingerprint density at radius 3 is 2.41 bits per heavy atom. The molecule has 0 radical (unpaired) electrons. The number of carbonyl (C=O) groups excluding carboxylic acids is 1. The fraction of sp³-hybridized carbons (Fsp3) is 0.333. The Bertz CT molecular complexity index is 804. The second-order valence-corrected chi connectivity index (χ2v) is 6.55. The van der Waals surface area contributed by atoms with Crippen molar-refractivity contribution in [2.24, 2.45) is 0 Å². The third-order valence-electron chi connectivity index (χ3n) is 4.10. The van der Waals surface area contributed by atoms with Crippen molar-refractivity contribution in [2.75, 3.05) is 16.3 Å². The number of hydrogen-bond donors (Lipinski definition) is 1. The summed E-state index contributed by atoms with van der Waals surface area (Å²) >= 11 is 0. The number of nitrogens with zero attached hydrogens (tertiary/aromatic N) is 2. The number of carbonyl (C=O) groups is 2. The van der Waals surface area contributed by atoms with Crippen LogP contribution in [0, 0.1) is 6.92 Å². The molecule has 6 heteroatoms. The van der Waals surface area contributed by atoms with Gasteiger partial charge in [0.2, 0.25) is 0 Å². The Kier molecular flexibility index (Phi) is 6.82. The number of benzene rings is 2. The number of ether oxygens (including phenoxy) is 1. The summed E-state index contributed by atoms with van der Waals surface area (Å²) < 4.78 is 5.56. The van der Waals surface area contributed by atoms with Crippen LogP contribution in [0.3, 0.4) is 0 Å². The molecular weight excluding hydrogens is 344 g/mol. The van der Waals surface area contributed by atoms with Crippen molar-refractivity contribution >= 4 is 23.6 Å². The first-order chi connectivity index (χ1) is 12.8. The first-order valence-corrected chi connectivity index (χ1v) is 9.02. The highest BCUT2D eigenvalue weighted by Gasteiger charge is 2.21. The van der Waals surface area contributed by atoms with Crippen LogP contribution in [-0.2, 0) is 0 Å². The molecule has 2 amide bonds. The summed E-state index contributed by atoms with van der Waals surface area (Å²) in [5.41, 5.74) is 2.24. The van der Waals surface area contributed by atoms with Gasteiger partial charge in [-0.15, -0.1) is 0 Å². The summed E-state index contributed by atoms with van der Waals surface area (Å²) in [6.45, 7) is 8.03. The Hall–Kier alpha value is -3.02. The zero-order valence-electron chi connectivity index (χ0n) is 16.2. The number of aryl methyl sites for hydroxylation is 1. The van der Waals surface area contributed by atoms with Gasteiger partial charge in [-0.3, -0.25) is 9.80 Å². The lowest BCUT2D eigenvalue weighted by molar-refractivity contribution is 0.200. The van der Waals surface area contributed by atoms with Crippen molar-refractivity contribution in [3.8, 4) is 5.75 Å². The van der Waals surface area contributed by atoms with Gasteiger partial charge in [-0.1, -0.05) is 31.2 Å². The van der Waals surface area contributed by atoms with Crippen LogP contribution in [0.4, 0.5) is 21.0 Å². The van der Waals surface area contributed by atoms with Gasteiger partial charge in [0.05, 0.1) is 5.69 Å². The van der Waals surface area contributed by atoms with Crippen LogP contribution in [0.2, 0.25) is 0 Å². The van der Waals surface area contributed by atoms with E-state index in [1.165, 1.54) is 4.90 Å². The fourth-order valence-corrected chi connectivity index (χ4v) is 2.88. The minimum absolute atomic E-state index is 0.239. The van der Waals surface area contributed by atoms with Crippen LogP contribution in [0.5, 0.6) is 5.75 Å². The number of para-hydroxylation sites is 1. The molecule has 0 spiro atoms. The molecule has 0 heterocycles. The van der Waals surface area contributed by atoms with Gasteiger partial charge < -0.3 is 9.84 Å². The zero-order valence-corrected chi connectivity index (χ0v) is 16.2. The molecule has 0 saturated carbocycles. The normalized spacial score (nSPS) is 10.6. The average molecular weight is 370 g/mol. The maximum absolute atomic E-state index is 12.8. The monoisotopic (exact) mass is 370 g/mol. The van der Waals surface area contributed by atoms with E-state index in [1.54, 1.807) is 43.0 Å². The molecule has 0 aliphatic carbocycles. The van der Waals surface area contributed by atoms with E-state index in [1.807, 2.05) is 38.1 Å². The molecular formula is C21H26N2O4. The largest absolute Gasteiger partial charge is 0.465 e. The molecule has 0 fully saturated rings. The summed E-state index contributed by atoms with van der Waals surface area (Å²) in [4.78, 5) is 27.1. The van der Waals surface area contributed by atoms with Crippen molar-refractivity contribution in [1.29, 1.82) is 0 Å². The van der Waals surface area contributed by atoms with Crippen LogP contribution >= 0.6 is 0 Å². The van der Waals surface area contributed by atoms with E-state index < -0.39 is 12.2 Å². The molecule has 0 saturated heterocycles. The fourth-order valence-electron chi connectivity index (χ4n) is 2.88. The summed E-state index contributed by atoms with van der Waals surface area (Å²) in [7, 11) is 0. The molecule has 1 N–H and O–H groups in total. The number of carboxylic acid groups (broad SMARTS) is 1.